The second-order valence-corrected chi connectivity index (χ2v) is 5.64. The molecular formula is C15H17BrN4O2. The normalized spacial score (nSPS) is 10.3. The van der Waals surface area contributed by atoms with E-state index in [0.717, 1.165) is 5.56 Å². The van der Waals surface area contributed by atoms with Crippen molar-refractivity contribution < 1.29 is 4.79 Å². The molecular weight excluding hydrogens is 348 g/mol. The highest BCUT2D eigenvalue weighted by atomic mass is 79.9. The van der Waals surface area contributed by atoms with Gasteiger partial charge in [0.1, 0.15) is 4.47 Å². The SMILES string of the molecule is Cc1ccc(C(=O)NCCNc2cnn(C)c(=O)c2Br)cc1. The third-order valence-electron chi connectivity index (χ3n) is 3.12. The molecule has 0 atom stereocenters. The van der Waals surface area contributed by atoms with Gasteiger partial charge in [-0.15, -0.1) is 0 Å². The van der Waals surface area contributed by atoms with E-state index in [1.165, 1.54) is 4.68 Å². The standard InChI is InChI=1S/C15H17BrN4O2/c1-10-3-5-11(6-4-10)14(21)18-8-7-17-12-9-19-20(2)15(22)13(12)16/h3-6,9,17H,7-8H2,1-2H3,(H,18,21). The number of nitrogens with one attached hydrogen (secondary N) is 2. The van der Waals surface area contributed by atoms with Crippen molar-refractivity contribution in [3.05, 3.63) is 56.4 Å². The van der Waals surface area contributed by atoms with Crippen LogP contribution in [0.25, 0.3) is 0 Å². The van der Waals surface area contributed by atoms with Crippen molar-refractivity contribution in [3.8, 4) is 0 Å². The summed E-state index contributed by atoms with van der Waals surface area (Å²) in [6.07, 6.45) is 1.56. The molecule has 2 aromatic rings. The lowest BCUT2D eigenvalue weighted by Gasteiger charge is -2.09. The fourth-order valence-electron chi connectivity index (χ4n) is 1.81. The minimum Gasteiger partial charge on any atom is -0.381 e. The zero-order chi connectivity index (χ0) is 16.1. The summed E-state index contributed by atoms with van der Waals surface area (Å²) in [5, 5.41) is 9.81. The summed E-state index contributed by atoms with van der Waals surface area (Å²) >= 11 is 3.23. The van der Waals surface area contributed by atoms with Crippen LogP contribution < -0.4 is 16.2 Å². The highest BCUT2D eigenvalue weighted by Crippen LogP contribution is 2.15. The van der Waals surface area contributed by atoms with Crippen molar-refractivity contribution in [1.82, 2.24) is 15.1 Å². The lowest BCUT2D eigenvalue weighted by molar-refractivity contribution is 0.0955. The van der Waals surface area contributed by atoms with E-state index in [4.69, 9.17) is 0 Å². The first-order chi connectivity index (χ1) is 10.5. The summed E-state index contributed by atoms with van der Waals surface area (Å²) in [4.78, 5) is 23.6. The smallest absolute Gasteiger partial charge is 0.282 e. The van der Waals surface area contributed by atoms with Gasteiger partial charge >= 0.3 is 0 Å². The summed E-state index contributed by atoms with van der Waals surface area (Å²) in [5.74, 6) is -0.122. The first kappa shape index (κ1) is 16.2. The molecule has 0 aliphatic rings. The Balaban J connectivity index is 1.85. The number of amides is 1. The van der Waals surface area contributed by atoms with Gasteiger partial charge in [-0.05, 0) is 35.0 Å². The van der Waals surface area contributed by atoms with E-state index in [1.807, 2.05) is 19.1 Å². The quantitative estimate of drug-likeness (QED) is 0.791. The number of hydrogen-bond donors (Lipinski definition) is 2. The van der Waals surface area contributed by atoms with Crippen LogP contribution in [0.3, 0.4) is 0 Å². The van der Waals surface area contributed by atoms with E-state index in [1.54, 1.807) is 25.4 Å². The third-order valence-corrected chi connectivity index (χ3v) is 3.88. The molecule has 0 radical (unpaired) electrons. The molecule has 1 amide bonds. The van der Waals surface area contributed by atoms with Gasteiger partial charge in [-0.2, -0.15) is 5.10 Å². The van der Waals surface area contributed by atoms with Gasteiger partial charge in [-0.1, -0.05) is 17.7 Å². The van der Waals surface area contributed by atoms with Gasteiger partial charge < -0.3 is 10.6 Å². The van der Waals surface area contributed by atoms with Crippen molar-refractivity contribution in [3.63, 3.8) is 0 Å². The first-order valence-electron chi connectivity index (χ1n) is 6.79. The molecule has 22 heavy (non-hydrogen) atoms. The molecule has 7 heteroatoms. The highest BCUT2D eigenvalue weighted by Gasteiger charge is 2.07. The summed E-state index contributed by atoms with van der Waals surface area (Å²) < 4.78 is 1.67. The second-order valence-electron chi connectivity index (χ2n) is 4.85. The maximum Gasteiger partial charge on any atom is 0.282 e. The Hall–Kier alpha value is -2.15. The van der Waals surface area contributed by atoms with Gasteiger partial charge in [0.25, 0.3) is 11.5 Å². The van der Waals surface area contributed by atoms with Crippen LogP contribution in [0, 0.1) is 6.92 Å². The number of nitrogens with zero attached hydrogens (tertiary/aromatic N) is 2. The van der Waals surface area contributed by atoms with Crippen LogP contribution in [0.1, 0.15) is 15.9 Å². The van der Waals surface area contributed by atoms with Gasteiger partial charge in [0.05, 0.1) is 11.9 Å². The molecule has 0 bridgehead atoms. The van der Waals surface area contributed by atoms with Gasteiger partial charge in [0.2, 0.25) is 0 Å². The topological polar surface area (TPSA) is 76.0 Å². The summed E-state index contributed by atoms with van der Waals surface area (Å²) in [6.45, 7) is 2.90. The Morgan fingerprint density at radius 3 is 2.64 bits per heavy atom. The van der Waals surface area contributed by atoms with Crippen molar-refractivity contribution in [2.24, 2.45) is 7.05 Å². The summed E-state index contributed by atoms with van der Waals surface area (Å²) in [7, 11) is 1.58. The fourth-order valence-corrected chi connectivity index (χ4v) is 2.31. The van der Waals surface area contributed by atoms with Gasteiger partial charge in [0, 0.05) is 25.7 Å². The molecule has 1 aromatic heterocycles. The van der Waals surface area contributed by atoms with Crippen molar-refractivity contribution in [2.75, 3.05) is 18.4 Å². The molecule has 0 aliphatic heterocycles. The Labute approximate surface area is 136 Å². The van der Waals surface area contributed by atoms with Crippen LogP contribution in [-0.4, -0.2) is 28.8 Å². The molecule has 6 nitrogen and oxygen atoms in total. The molecule has 0 saturated carbocycles. The van der Waals surface area contributed by atoms with Crippen LogP contribution in [0.5, 0.6) is 0 Å². The third kappa shape index (κ3) is 3.94. The molecule has 2 rings (SSSR count). The maximum absolute atomic E-state index is 11.9. The van der Waals surface area contributed by atoms with Gasteiger partial charge in [-0.3, -0.25) is 9.59 Å². The maximum atomic E-state index is 11.9. The number of hydrogen-bond acceptors (Lipinski definition) is 4. The number of aromatic nitrogens is 2. The molecule has 0 spiro atoms. The second kappa shape index (κ2) is 7.22. The molecule has 1 aromatic carbocycles. The van der Waals surface area contributed by atoms with Crippen molar-refractivity contribution in [2.45, 2.75) is 6.92 Å². The van der Waals surface area contributed by atoms with Crippen LogP contribution >= 0.6 is 15.9 Å². The average Bonchev–Trinajstić information content (AvgIpc) is 2.51. The Morgan fingerprint density at radius 2 is 1.95 bits per heavy atom. The lowest BCUT2D eigenvalue weighted by atomic mass is 10.1. The van der Waals surface area contributed by atoms with E-state index in [2.05, 4.69) is 31.7 Å². The zero-order valence-corrected chi connectivity index (χ0v) is 14.0. The lowest BCUT2D eigenvalue weighted by Crippen LogP contribution is -2.29. The predicted molar refractivity (Wildman–Crippen MR) is 89.2 cm³/mol. The fraction of sp³-hybridized carbons (Fsp3) is 0.267. The number of carbonyl (C=O) groups is 1. The molecule has 0 saturated heterocycles. The van der Waals surface area contributed by atoms with Crippen LogP contribution in [0.4, 0.5) is 5.69 Å². The monoisotopic (exact) mass is 364 g/mol. The van der Waals surface area contributed by atoms with Crippen LogP contribution in [0.15, 0.2) is 39.7 Å². The molecule has 2 N–H and O–H groups in total. The molecule has 0 aliphatic carbocycles. The van der Waals surface area contributed by atoms with E-state index in [0.29, 0.717) is 28.8 Å². The number of aryl methyl sites for hydroxylation is 2. The predicted octanol–water partition coefficient (Wildman–Crippen LogP) is 1.69. The first-order valence-corrected chi connectivity index (χ1v) is 7.59. The van der Waals surface area contributed by atoms with Crippen LogP contribution in [0.2, 0.25) is 0 Å². The molecule has 0 unspecified atom stereocenters. The summed E-state index contributed by atoms with van der Waals surface area (Å²) in [6, 6.07) is 7.38. The number of halogens is 1. The molecule has 0 fully saturated rings. The minimum absolute atomic E-state index is 0.122. The van der Waals surface area contributed by atoms with Gasteiger partial charge in [-0.25, -0.2) is 4.68 Å². The van der Waals surface area contributed by atoms with Crippen molar-refractivity contribution in [1.29, 1.82) is 0 Å². The Kier molecular flexibility index (Phi) is 5.32. The number of rotatable bonds is 5. The van der Waals surface area contributed by atoms with E-state index < -0.39 is 0 Å². The van der Waals surface area contributed by atoms with E-state index in [-0.39, 0.29) is 11.5 Å². The minimum atomic E-state index is -0.214. The molecule has 1 heterocycles. The van der Waals surface area contributed by atoms with Gasteiger partial charge in [0.15, 0.2) is 0 Å². The van der Waals surface area contributed by atoms with E-state index in [9.17, 15) is 9.59 Å². The number of benzene rings is 1. The zero-order valence-electron chi connectivity index (χ0n) is 12.4. The number of anilines is 1. The Morgan fingerprint density at radius 1 is 1.27 bits per heavy atom. The largest absolute Gasteiger partial charge is 0.381 e. The highest BCUT2D eigenvalue weighted by molar-refractivity contribution is 9.10. The molecule has 116 valence electrons. The van der Waals surface area contributed by atoms with Crippen LogP contribution in [-0.2, 0) is 7.05 Å². The summed E-state index contributed by atoms with van der Waals surface area (Å²) in [5.41, 5.74) is 2.13. The Bertz CT molecular complexity index is 725. The average molecular weight is 365 g/mol. The van der Waals surface area contributed by atoms with E-state index >= 15 is 0 Å². The van der Waals surface area contributed by atoms with Crippen molar-refractivity contribution >= 4 is 27.5 Å². The number of carbonyl (C=O) groups excluding carboxylic acids is 1.